The lowest BCUT2D eigenvalue weighted by Gasteiger charge is -2.34. The van der Waals surface area contributed by atoms with Crippen molar-refractivity contribution in [3.63, 3.8) is 0 Å². The summed E-state index contributed by atoms with van der Waals surface area (Å²) in [5.41, 5.74) is 8.10. The van der Waals surface area contributed by atoms with E-state index < -0.39 is 0 Å². The number of hydrogen-bond donors (Lipinski definition) is 2. The van der Waals surface area contributed by atoms with Crippen LogP contribution in [0.2, 0.25) is 0 Å². The molecule has 0 aliphatic carbocycles. The topological polar surface area (TPSA) is 81.7 Å². The monoisotopic (exact) mass is 344 g/mol. The Morgan fingerprint density at radius 2 is 1.84 bits per heavy atom. The molecule has 0 aliphatic heterocycles. The number of hydrogen-bond acceptors (Lipinski definition) is 5. The summed E-state index contributed by atoms with van der Waals surface area (Å²) in [5.74, 6) is 0.831. The number of tetrazole rings is 1. The van der Waals surface area contributed by atoms with Crippen LogP contribution in [0.4, 0.5) is 0 Å². The molecule has 0 saturated carbocycles. The van der Waals surface area contributed by atoms with Crippen LogP contribution in [0, 0.1) is 12.3 Å². The number of nitrogens with zero attached hydrogens (tertiary/aromatic N) is 4. The second kappa shape index (κ2) is 7.62. The van der Waals surface area contributed by atoms with E-state index in [0.29, 0.717) is 13.1 Å². The molecular formula is C19H32N6. The van der Waals surface area contributed by atoms with E-state index in [2.05, 4.69) is 74.5 Å². The van der Waals surface area contributed by atoms with Crippen LogP contribution < -0.4 is 11.1 Å². The standard InChI is InChI=1S/C19H32N6/c1-14-9-7-8-10-15(14)16(21-12-11-20)17-22-23-24-25(17)19(5,6)13-18(2,3)4/h7-10,16,21H,11-13,20H2,1-6H3. The summed E-state index contributed by atoms with van der Waals surface area (Å²) < 4.78 is 1.97. The molecule has 6 heteroatoms. The molecule has 0 saturated heterocycles. The van der Waals surface area contributed by atoms with Crippen LogP contribution in [0.5, 0.6) is 0 Å². The number of aryl methyl sites for hydroxylation is 1. The zero-order valence-electron chi connectivity index (χ0n) is 16.4. The molecule has 25 heavy (non-hydrogen) atoms. The SMILES string of the molecule is Cc1ccccc1C(NCCN)c1nnnn1C(C)(C)CC(C)(C)C. The van der Waals surface area contributed by atoms with Crippen molar-refractivity contribution in [2.24, 2.45) is 11.1 Å². The Hall–Kier alpha value is -1.79. The Morgan fingerprint density at radius 3 is 2.44 bits per heavy atom. The van der Waals surface area contributed by atoms with Crippen molar-refractivity contribution in [2.45, 2.75) is 59.5 Å². The average Bonchev–Trinajstić information content (AvgIpc) is 2.97. The lowest BCUT2D eigenvalue weighted by molar-refractivity contribution is 0.188. The lowest BCUT2D eigenvalue weighted by Crippen LogP contribution is -2.37. The number of nitrogens with one attached hydrogen (secondary N) is 1. The molecular weight excluding hydrogens is 312 g/mol. The van der Waals surface area contributed by atoms with Gasteiger partial charge >= 0.3 is 0 Å². The zero-order valence-corrected chi connectivity index (χ0v) is 16.4. The Bertz CT molecular complexity index is 683. The Kier molecular flexibility index (Phi) is 5.95. The van der Waals surface area contributed by atoms with Crippen molar-refractivity contribution in [3.05, 3.63) is 41.2 Å². The summed E-state index contributed by atoms with van der Waals surface area (Å²) in [4.78, 5) is 0. The highest BCUT2D eigenvalue weighted by atomic mass is 15.6. The summed E-state index contributed by atoms with van der Waals surface area (Å²) in [6.07, 6.45) is 0.968. The van der Waals surface area contributed by atoms with Crippen LogP contribution in [-0.4, -0.2) is 33.3 Å². The molecule has 0 fully saturated rings. The maximum absolute atomic E-state index is 5.73. The van der Waals surface area contributed by atoms with Crippen LogP contribution in [0.3, 0.4) is 0 Å². The van der Waals surface area contributed by atoms with Gasteiger partial charge in [-0.05, 0) is 54.2 Å². The van der Waals surface area contributed by atoms with Gasteiger partial charge in [0.2, 0.25) is 0 Å². The smallest absolute Gasteiger partial charge is 0.173 e. The highest BCUT2D eigenvalue weighted by Gasteiger charge is 2.33. The summed E-state index contributed by atoms with van der Waals surface area (Å²) in [7, 11) is 0. The number of nitrogens with two attached hydrogens (primary N) is 1. The molecule has 0 amide bonds. The van der Waals surface area contributed by atoms with Gasteiger partial charge in [0.25, 0.3) is 0 Å². The Balaban J connectivity index is 2.46. The fourth-order valence-corrected chi connectivity index (χ4v) is 3.66. The molecule has 1 heterocycles. The van der Waals surface area contributed by atoms with E-state index in [1.54, 1.807) is 0 Å². The average molecular weight is 345 g/mol. The van der Waals surface area contributed by atoms with E-state index in [1.807, 2.05) is 16.8 Å². The first-order chi connectivity index (χ1) is 11.7. The van der Waals surface area contributed by atoms with Crippen molar-refractivity contribution in [2.75, 3.05) is 13.1 Å². The van der Waals surface area contributed by atoms with Gasteiger partial charge in [0.05, 0.1) is 11.6 Å². The van der Waals surface area contributed by atoms with Crippen molar-refractivity contribution < 1.29 is 0 Å². The van der Waals surface area contributed by atoms with E-state index >= 15 is 0 Å². The summed E-state index contributed by atoms with van der Waals surface area (Å²) >= 11 is 0. The Morgan fingerprint density at radius 1 is 1.16 bits per heavy atom. The maximum Gasteiger partial charge on any atom is 0.173 e. The molecule has 0 radical (unpaired) electrons. The van der Waals surface area contributed by atoms with Crippen LogP contribution in [0.1, 0.15) is 64.0 Å². The third kappa shape index (κ3) is 4.86. The predicted molar refractivity (Wildman–Crippen MR) is 101 cm³/mol. The fourth-order valence-electron chi connectivity index (χ4n) is 3.66. The minimum absolute atomic E-state index is 0.0843. The lowest BCUT2D eigenvalue weighted by atomic mass is 9.81. The molecule has 2 aromatic rings. The van der Waals surface area contributed by atoms with Crippen molar-refractivity contribution in [3.8, 4) is 0 Å². The molecule has 1 aromatic heterocycles. The molecule has 1 atom stereocenters. The van der Waals surface area contributed by atoms with Gasteiger partial charge < -0.3 is 11.1 Å². The van der Waals surface area contributed by atoms with Crippen LogP contribution >= 0.6 is 0 Å². The minimum Gasteiger partial charge on any atom is -0.329 e. The molecule has 2 rings (SSSR count). The highest BCUT2D eigenvalue weighted by Crippen LogP contribution is 2.34. The van der Waals surface area contributed by atoms with Crippen molar-refractivity contribution in [1.82, 2.24) is 25.5 Å². The van der Waals surface area contributed by atoms with E-state index in [4.69, 9.17) is 5.73 Å². The maximum atomic E-state index is 5.73. The van der Waals surface area contributed by atoms with Crippen molar-refractivity contribution >= 4 is 0 Å². The largest absolute Gasteiger partial charge is 0.329 e. The van der Waals surface area contributed by atoms with Crippen LogP contribution in [-0.2, 0) is 5.54 Å². The van der Waals surface area contributed by atoms with Gasteiger partial charge in [0, 0.05) is 13.1 Å². The molecule has 0 aliphatic rings. The van der Waals surface area contributed by atoms with Crippen LogP contribution in [0.15, 0.2) is 24.3 Å². The first kappa shape index (κ1) is 19.5. The van der Waals surface area contributed by atoms with E-state index in [-0.39, 0.29) is 17.0 Å². The van der Waals surface area contributed by atoms with E-state index in [0.717, 1.165) is 12.2 Å². The molecule has 1 unspecified atom stereocenters. The second-order valence-electron chi connectivity index (χ2n) is 8.53. The normalized spacial score (nSPS) is 13.9. The van der Waals surface area contributed by atoms with E-state index in [1.165, 1.54) is 11.1 Å². The number of rotatable bonds is 7. The third-order valence-electron chi connectivity index (χ3n) is 4.28. The first-order valence-electron chi connectivity index (χ1n) is 8.93. The number of benzene rings is 1. The fraction of sp³-hybridized carbons (Fsp3) is 0.632. The molecule has 3 N–H and O–H groups in total. The first-order valence-corrected chi connectivity index (χ1v) is 8.93. The second-order valence-corrected chi connectivity index (χ2v) is 8.53. The quantitative estimate of drug-likeness (QED) is 0.807. The van der Waals surface area contributed by atoms with Gasteiger partial charge in [-0.25, -0.2) is 4.68 Å². The van der Waals surface area contributed by atoms with Gasteiger partial charge in [-0.3, -0.25) is 0 Å². The van der Waals surface area contributed by atoms with Crippen LogP contribution in [0.25, 0.3) is 0 Å². The predicted octanol–water partition coefficient (Wildman–Crippen LogP) is 2.79. The molecule has 0 bridgehead atoms. The summed E-state index contributed by atoms with van der Waals surface area (Å²) in [6.45, 7) is 14.5. The molecule has 6 nitrogen and oxygen atoms in total. The molecule has 1 aromatic carbocycles. The van der Waals surface area contributed by atoms with Crippen molar-refractivity contribution in [1.29, 1.82) is 0 Å². The Labute approximate surface area is 151 Å². The third-order valence-corrected chi connectivity index (χ3v) is 4.28. The van der Waals surface area contributed by atoms with E-state index in [9.17, 15) is 0 Å². The zero-order chi connectivity index (χ0) is 18.7. The molecule has 138 valence electrons. The molecule has 0 spiro atoms. The van der Waals surface area contributed by atoms with Gasteiger partial charge in [0.1, 0.15) is 0 Å². The number of aromatic nitrogens is 4. The van der Waals surface area contributed by atoms with Gasteiger partial charge in [-0.2, -0.15) is 0 Å². The van der Waals surface area contributed by atoms with Gasteiger partial charge in [0.15, 0.2) is 5.82 Å². The summed E-state index contributed by atoms with van der Waals surface area (Å²) in [6, 6.07) is 8.25. The summed E-state index contributed by atoms with van der Waals surface area (Å²) in [5, 5.41) is 16.2. The minimum atomic E-state index is -0.192. The van der Waals surface area contributed by atoms with Gasteiger partial charge in [-0.15, -0.1) is 5.10 Å². The highest BCUT2D eigenvalue weighted by molar-refractivity contribution is 5.32. The van der Waals surface area contributed by atoms with Gasteiger partial charge in [-0.1, -0.05) is 45.0 Å².